The lowest BCUT2D eigenvalue weighted by molar-refractivity contribution is -0.142. The second-order valence-electron chi connectivity index (χ2n) is 10.6. The van der Waals surface area contributed by atoms with Crippen LogP contribution in [0.4, 0.5) is 14.5 Å². The lowest BCUT2D eigenvalue weighted by atomic mass is 9.85. The number of nitrogen functional groups attached to an aromatic ring is 1. The number of hydrogen-bond donors (Lipinski definition) is 4. The number of aliphatic carboxylic acids is 1. The first-order valence-corrected chi connectivity index (χ1v) is 13.8. The molecule has 0 unspecified atom stereocenters. The van der Waals surface area contributed by atoms with Crippen LogP contribution in [0, 0.1) is 23.0 Å². The van der Waals surface area contributed by atoms with E-state index in [9.17, 15) is 19.4 Å². The number of rotatable bonds is 9. The molecule has 43 heavy (non-hydrogen) atoms. The number of halogens is 2. The highest BCUT2D eigenvalue weighted by atomic mass is 19.1. The van der Waals surface area contributed by atoms with Crippen molar-refractivity contribution in [2.24, 2.45) is 16.6 Å². The second-order valence-corrected chi connectivity index (χ2v) is 10.6. The number of aliphatic imine (C=N–C) groups is 1. The molecule has 0 radical (unpaired) electrons. The van der Waals surface area contributed by atoms with Gasteiger partial charge in [0.25, 0.3) is 5.88 Å². The van der Waals surface area contributed by atoms with Crippen molar-refractivity contribution in [3.8, 4) is 28.9 Å². The van der Waals surface area contributed by atoms with Crippen molar-refractivity contribution in [3.05, 3.63) is 65.4 Å². The molecule has 3 aromatic rings. The highest BCUT2D eigenvalue weighted by Gasteiger charge is 2.30. The number of phenols is 1. The number of nitrogens with zero attached hydrogens (tertiary/aromatic N) is 4. The van der Waals surface area contributed by atoms with E-state index in [1.807, 2.05) is 25.1 Å². The van der Waals surface area contributed by atoms with E-state index >= 15 is 4.39 Å². The van der Waals surface area contributed by atoms with Crippen LogP contribution in [-0.4, -0.2) is 71.0 Å². The molecular weight excluding hydrogens is 562 g/mol. The minimum atomic E-state index is -1.24. The van der Waals surface area contributed by atoms with Crippen molar-refractivity contribution >= 4 is 23.3 Å². The number of nitrogens with two attached hydrogens (primary N) is 1. The van der Waals surface area contributed by atoms with Crippen molar-refractivity contribution in [2.75, 3.05) is 32.1 Å². The van der Waals surface area contributed by atoms with Gasteiger partial charge >= 0.3 is 5.97 Å². The summed E-state index contributed by atoms with van der Waals surface area (Å²) in [5.41, 5.74) is 7.06. The SMILES string of the molecule is CN1CCN=C1c1cc(N(C)C2CCC(C(=O)O)CC2)ccc1Oc1c(F)cnc(Oc2cc(C(=N)N)ccc2O)c1F. The molecule has 5 rings (SSSR count). The smallest absolute Gasteiger partial charge is 0.306 e. The minimum absolute atomic E-state index is 0.131. The summed E-state index contributed by atoms with van der Waals surface area (Å²) >= 11 is 0. The van der Waals surface area contributed by atoms with Gasteiger partial charge < -0.3 is 35.2 Å². The molecule has 11 nitrogen and oxygen atoms in total. The summed E-state index contributed by atoms with van der Waals surface area (Å²) in [5, 5.41) is 27.1. The third kappa shape index (κ3) is 6.15. The van der Waals surface area contributed by atoms with Gasteiger partial charge in [-0.15, -0.1) is 0 Å². The van der Waals surface area contributed by atoms with E-state index in [0.29, 0.717) is 37.3 Å². The fraction of sp³-hybridized carbons (Fsp3) is 0.333. The standard InChI is InChI=1S/C30H32F2N6O5/c1-37-12-11-35-28(37)20-14-19(38(2)18-6-3-16(4-7-18)30(40)41)8-10-23(20)42-26-21(31)15-36-29(25(26)32)43-24-13-17(27(33)34)5-9-22(24)39/h5,8-10,13-16,18,39H,3-4,6-7,11-12H2,1-2H3,(H3,33,34)(H,40,41). The van der Waals surface area contributed by atoms with Crippen LogP contribution in [0.3, 0.4) is 0 Å². The van der Waals surface area contributed by atoms with Crippen LogP contribution in [0.15, 0.2) is 47.6 Å². The Morgan fingerprint density at radius 3 is 2.51 bits per heavy atom. The van der Waals surface area contributed by atoms with Gasteiger partial charge in [0.05, 0.1) is 24.2 Å². The number of nitrogens with one attached hydrogen (secondary N) is 1. The minimum Gasteiger partial charge on any atom is -0.504 e. The van der Waals surface area contributed by atoms with Gasteiger partial charge in [0.2, 0.25) is 11.6 Å². The zero-order valence-electron chi connectivity index (χ0n) is 23.7. The van der Waals surface area contributed by atoms with Crippen LogP contribution < -0.4 is 20.1 Å². The normalized spacial score (nSPS) is 18.2. The summed E-state index contributed by atoms with van der Waals surface area (Å²) in [6, 6.07) is 9.22. The molecule has 0 bridgehead atoms. The fourth-order valence-corrected chi connectivity index (χ4v) is 5.32. The predicted octanol–water partition coefficient (Wildman–Crippen LogP) is 4.71. The quantitative estimate of drug-likeness (QED) is 0.203. The summed E-state index contributed by atoms with van der Waals surface area (Å²) in [7, 11) is 3.80. The van der Waals surface area contributed by atoms with Gasteiger partial charge in [-0.1, -0.05) is 0 Å². The van der Waals surface area contributed by atoms with Crippen LogP contribution >= 0.6 is 0 Å². The number of amidine groups is 2. The summed E-state index contributed by atoms with van der Waals surface area (Å²) in [5.74, 6) is -4.98. The average molecular weight is 595 g/mol. The number of aromatic hydroxyl groups is 1. The Kier molecular flexibility index (Phi) is 8.33. The number of benzene rings is 2. The predicted molar refractivity (Wildman–Crippen MR) is 156 cm³/mol. The number of carbonyl (C=O) groups is 1. The number of carboxylic acids is 1. The zero-order valence-corrected chi connectivity index (χ0v) is 23.7. The topological polar surface area (TPSA) is 158 Å². The number of aromatic nitrogens is 1. The van der Waals surface area contributed by atoms with Crippen molar-refractivity contribution in [1.29, 1.82) is 5.41 Å². The first kappa shape index (κ1) is 29.5. The Bertz CT molecular complexity index is 1590. The molecule has 0 amide bonds. The lowest BCUT2D eigenvalue weighted by Crippen LogP contribution is -2.36. The average Bonchev–Trinajstić information content (AvgIpc) is 3.42. The van der Waals surface area contributed by atoms with Crippen molar-refractivity contribution in [2.45, 2.75) is 31.7 Å². The van der Waals surface area contributed by atoms with E-state index in [-0.39, 0.29) is 40.6 Å². The fourth-order valence-electron chi connectivity index (χ4n) is 5.32. The van der Waals surface area contributed by atoms with E-state index in [4.69, 9.17) is 20.6 Å². The van der Waals surface area contributed by atoms with Crippen LogP contribution in [0.25, 0.3) is 0 Å². The Balaban J connectivity index is 1.46. The molecule has 2 aliphatic rings. The molecule has 2 heterocycles. The van der Waals surface area contributed by atoms with Gasteiger partial charge in [-0.05, 0) is 62.1 Å². The van der Waals surface area contributed by atoms with E-state index in [1.54, 1.807) is 12.1 Å². The number of phenolic OH excluding ortho intramolecular Hbond substituents is 1. The number of carboxylic acid groups (broad SMARTS) is 1. The van der Waals surface area contributed by atoms with Gasteiger partial charge in [0, 0.05) is 37.9 Å². The third-order valence-electron chi connectivity index (χ3n) is 7.85. The maximum Gasteiger partial charge on any atom is 0.306 e. The van der Waals surface area contributed by atoms with Gasteiger partial charge in [-0.25, -0.2) is 9.37 Å². The van der Waals surface area contributed by atoms with Gasteiger partial charge in [0.1, 0.15) is 17.4 Å². The lowest BCUT2D eigenvalue weighted by Gasteiger charge is -2.35. The monoisotopic (exact) mass is 594 g/mol. The number of hydrogen-bond acceptors (Lipinski definition) is 9. The van der Waals surface area contributed by atoms with Crippen LogP contribution in [0.5, 0.6) is 28.9 Å². The van der Waals surface area contributed by atoms with Crippen LogP contribution in [0.1, 0.15) is 36.8 Å². The molecule has 1 saturated carbocycles. The molecule has 226 valence electrons. The Morgan fingerprint density at radius 1 is 1.12 bits per heavy atom. The Labute approximate surface area is 246 Å². The molecule has 1 aliphatic carbocycles. The van der Waals surface area contributed by atoms with Crippen molar-refractivity contribution in [3.63, 3.8) is 0 Å². The van der Waals surface area contributed by atoms with E-state index in [2.05, 4.69) is 14.9 Å². The van der Waals surface area contributed by atoms with Gasteiger partial charge in [-0.3, -0.25) is 15.2 Å². The summed E-state index contributed by atoms with van der Waals surface area (Å²) in [4.78, 5) is 23.7. The van der Waals surface area contributed by atoms with Gasteiger partial charge in [-0.2, -0.15) is 4.39 Å². The maximum atomic E-state index is 15.6. The van der Waals surface area contributed by atoms with E-state index < -0.39 is 29.2 Å². The summed E-state index contributed by atoms with van der Waals surface area (Å²) < 4.78 is 41.9. The number of anilines is 1. The molecule has 0 spiro atoms. The highest BCUT2D eigenvalue weighted by molar-refractivity contribution is 6.03. The third-order valence-corrected chi connectivity index (χ3v) is 7.85. The number of pyridine rings is 1. The number of likely N-dealkylation sites (N-methyl/N-ethyl adjacent to an activating group) is 1. The van der Waals surface area contributed by atoms with Crippen molar-refractivity contribution < 1.29 is 33.3 Å². The first-order chi connectivity index (χ1) is 20.5. The molecule has 0 atom stereocenters. The first-order valence-electron chi connectivity index (χ1n) is 13.8. The summed E-state index contributed by atoms with van der Waals surface area (Å²) in [6.45, 7) is 1.20. The molecular formula is C30H32F2N6O5. The molecule has 5 N–H and O–H groups in total. The molecule has 2 aromatic carbocycles. The second kappa shape index (κ2) is 12.1. The molecule has 0 saturated heterocycles. The molecule has 1 aliphatic heterocycles. The Morgan fingerprint density at radius 2 is 1.86 bits per heavy atom. The zero-order chi connectivity index (χ0) is 30.8. The Hall–Kier alpha value is -4.94. The van der Waals surface area contributed by atoms with Gasteiger partial charge in [0.15, 0.2) is 17.3 Å². The molecule has 1 fully saturated rings. The van der Waals surface area contributed by atoms with E-state index in [1.165, 1.54) is 18.2 Å². The van der Waals surface area contributed by atoms with Crippen LogP contribution in [0.2, 0.25) is 0 Å². The molecule has 13 heteroatoms. The van der Waals surface area contributed by atoms with Crippen LogP contribution in [-0.2, 0) is 4.79 Å². The molecule has 1 aromatic heterocycles. The van der Waals surface area contributed by atoms with E-state index in [0.717, 1.165) is 24.7 Å². The highest BCUT2D eigenvalue weighted by Crippen LogP contribution is 2.39. The van der Waals surface area contributed by atoms with Crippen molar-refractivity contribution in [1.82, 2.24) is 9.88 Å². The summed E-state index contributed by atoms with van der Waals surface area (Å²) in [6.07, 6.45) is 3.38. The maximum absolute atomic E-state index is 15.6. The largest absolute Gasteiger partial charge is 0.504 e. The number of ether oxygens (including phenoxy) is 2.